The highest BCUT2D eigenvalue weighted by atomic mass is 17.2. The SMILES string of the molecule is CC(/C=C/C=C/C=C/C=C/C=C/C=C/C=C/C=C/OO)OC1OC(CCO)[C@@H](O)C(O)[C@@H]1OOC1OC(CCO)[C@@H](O)C(O)[C@@H]1O. The van der Waals surface area contributed by atoms with Gasteiger partial charge in [-0.25, -0.2) is 15.0 Å². The summed E-state index contributed by atoms with van der Waals surface area (Å²) < 4.78 is 17.1. The lowest BCUT2D eigenvalue weighted by atomic mass is 9.97. The van der Waals surface area contributed by atoms with E-state index in [2.05, 4.69) is 4.89 Å². The molecule has 8 N–H and O–H groups in total. The highest BCUT2D eigenvalue weighted by molar-refractivity contribution is 5.21. The Kier molecular flexibility index (Phi) is 19.4. The van der Waals surface area contributed by atoms with Crippen LogP contribution in [0.3, 0.4) is 0 Å². The average molecular weight is 655 g/mol. The van der Waals surface area contributed by atoms with E-state index >= 15 is 0 Å². The molecule has 2 heterocycles. The smallest absolute Gasteiger partial charge is 0.220 e. The van der Waals surface area contributed by atoms with Gasteiger partial charge in [-0.15, -0.1) is 0 Å². The van der Waals surface area contributed by atoms with E-state index in [0.717, 1.165) is 6.26 Å². The van der Waals surface area contributed by atoms with Gasteiger partial charge in [-0.1, -0.05) is 85.1 Å². The van der Waals surface area contributed by atoms with Crippen LogP contribution in [-0.4, -0.2) is 122 Å². The normalized spacial score (nSPS) is 33.8. The molecule has 0 aromatic rings. The van der Waals surface area contributed by atoms with Crippen LogP contribution >= 0.6 is 0 Å². The van der Waals surface area contributed by atoms with Crippen LogP contribution in [0.25, 0.3) is 0 Å². The summed E-state index contributed by atoms with van der Waals surface area (Å²) in [5, 5.41) is 78.5. The van der Waals surface area contributed by atoms with Crippen molar-refractivity contribution in [2.45, 2.75) is 87.3 Å². The van der Waals surface area contributed by atoms with Crippen molar-refractivity contribution < 1.29 is 69.9 Å². The first kappa shape index (κ1) is 39.4. The first-order chi connectivity index (χ1) is 22.2. The van der Waals surface area contributed by atoms with E-state index in [1.54, 1.807) is 43.4 Å². The lowest BCUT2D eigenvalue weighted by molar-refractivity contribution is -0.471. The van der Waals surface area contributed by atoms with Gasteiger partial charge in [0.05, 0.1) is 18.3 Å². The van der Waals surface area contributed by atoms with Crippen LogP contribution in [-0.2, 0) is 28.9 Å². The molecule has 0 bridgehead atoms. The molecule has 14 nitrogen and oxygen atoms in total. The Labute approximate surface area is 267 Å². The largest absolute Gasteiger partial charge is 0.396 e. The van der Waals surface area contributed by atoms with Gasteiger partial charge in [0.15, 0.2) is 12.4 Å². The van der Waals surface area contributed by atoms with Gasteiger partial charge in [-0.2, -0.15) is 0 Å². The summed E-state index contributed by atoms with van der Waals surface area (Å²) in [6, 6.07) is 0. The maximum Gasteiger partial charge on any atom is 0.220 e. The van der Waals surface area contributed by atoms with Crippen molar-refractivity contribution in [3.05, 3.63) is 97.4 Å². The van der Waals surface area contributed by atoms with Crippen molar-refractivity contribution in [1.82, 2.24) is 0 Å². The number of hydrogen-bond donors (Lipinski definition) is 8. The molecule has 7 unspecified atom stereocenters. The third-order valence-corrected chi connectivity index (χ3v) is 6.72. The Balaban J connectivity index is 1.93. The predicted molar refractivity (Wildman–Crippen MR) is 164 cm³/mol. The molecule has 46 heavy (non-hydrogen) atoms. The van der Waals surface area contributed by atoms with Gasteiger partial charge < -0.3 is 54.8 Å². The van der Waals surface area contributed by atoms with Gasteiger partial charge in [0.1, 0.15) is 36.8 Å². The summed E-state index contributed by atoms with van der Waals surface area (Å²) in [6.07, 6.45) is 12.8. The fourth-order valence-electron chi connectivity index (χ4n) is 4.29. The number of hydrogen-bond acceptors (Lipinski definition) is 14. The van der Waals surface area contributed by atoms with Crippen LogP contribution < -0.4 is 0 Å². The second kappa shape index (κ2) is 22.7. The topological polar surface area (TPSA) is 217 Å². The number of allylic oxidation sites excluding steroid dienone is 14. The van der Waals surface area contributed by atoms with Crippen LogP contribution in [0.4, 0.5) is 0 Å². The fourth-order valence-corrected chi connectivity index (χ4v) is 4.29. The summed E-state index contributed by atoms with van der Waals surface area (Å²) in [5.41, 5.74) is 0. The summed E-state index contributed by atoms with van der Waals surface area (Å²) in [4.78, 5) is 14.3. The molecule has 2 fully saturated rings. The second-order valence-electron chi connectivity index (χ2n) is 10.2. The van der Waals surface area contributed by atoms with Gasteiger partial charge in [0.25, 0.3) is 0 Å². The molecule has 2 aliphatic heterocycles. The van der Waals surface area contributed by atoms with E-state index in [4.69, 9.17) is 29.2 Å². The number of aliphatic hydroxyl groups is 7. The Bertz CT molecular complexity index is 1070. The van der Waals surface area contributed by atoms with E-state index in [9.17, 15) is 35.7 Å². The van der Waals surface area contributed by atoms with Gasteiger partial charge in [-0.3, -0.25) is 0 Å². The zero-order valence-corrected chi connectivity index (χ0v) is 25.4. The lowest BCUT2D eigenvalue weighted by Crippen LogP contribution is -2.61. The van der Waals surface area contributed by atoms with E-state index in [-0.39, 0.29) is 26.1 Å². The summed E-state index contributed by atoms with van der Waals surface area (Å²) in [5.74, 6) is 0. The zero-order valence-electron chi connectivity index (χ0n) is 25.4. The Hall–Kier alpha value is -2.80. The van der Waals surface area contributed by atoms with Gasteiger partial charge >= 0.3 is 0 Å². The second-order valence-corrected chi connectivity index (χ2v) is 10.2. The molecule has 2 saturated heterocycles. The van der Waals surface area contributed by atoms with Gasteiger partial charge in [-0.05, 0) is 25.8 Å². The van der Waals surface area contributed by atoms with E-state index in [0.29, 0.717) is 0 Å². The van der Waals surface area contributed by atoms with Crippen LogP contribution in [0.5, 0.6) is 0 Å². The lowest BCUT2D eigenvalue weighted by Gasteiger charge is -2.43. The van der Waals surface area contributed by atoms with Crippen LogP contribution in [0.1, 0.15) is 19.8 Å². The van der Waals surface area contributed by atoms with E-state index < -0.39 is 67.5 Å². The molecule has 258 valence electrons. The quantitative estimate of drug-likeness (QED) is 0.0440. The van der Waals surface area contributed by atoms with E-state index in [1.807, 2.05) is 48.6 Å². The molecule has 0 aromatic carbocycles. The minimum absolute atomic E-state index is 0.000733. The third kappa shape index (κ3) is 13.5. The zero-order chi connectivity index (χ0) is 33.7. The standard InChI is InChI=1S/C32H46O14/c1-22(16-14-12-10-8-6-4-2-3-5-7-9-11-13-15-21-41-40)42-32-30(28(38)26(36)24(44-32)18-20-34)45-46-31-29(39)27(37)25(35)23(43-31)17-19-33/h2-16,21-40H,17-20H2,1H3/b4-2+,5-3+,8-6+,9-7+,12-10+,13-11+,16-14+,21-15+/t22?,23?,24?,25-,26-,27?,28?,29+,30+,31?,32?/m1/s1. The number of rotatable bonds is 18. The highest BCUT2D eigenvalue weighted by Gasteiger charge is 2.49. The van der Waals surface area contributed by atoms with Crippen molar-refractivity contribution in [2.24, 2.45) is 0 Å². The Morgan fingerprint density at radius 2 is 1.02 bits per heavy atom. The predicted octanol–water partition coefficient (Wildman–Crippen LogP) is 0.624. The van der Waals surface area contributed by atoms with Crippen molar-refractivity contribution in [1.29, 1.82) is 0 Å². The Morgan fingerprint density at radius 3 is 1.52 bits per heavy atom. The van der Waals surface area contributed by atoms with Crippen molar-refractivity contribution in [2.75, 3.05) is 13.2 Å². The maximum absolute atomic E-state index is 10.8. The minimum Gasteiger partial charge on any atom is -0.396 e. The summed E-state index contributed by atoms with van der Waals surface area (Å²) >= 11 is 0. The fraction of sp³-hybridized carbons (Fsp3) is 0.500. The van der Waals surface area contributed by atoms with Crippen molar-refractivity contribution in [3.8, 4) is 0 Å². The molecule has 0 aliphatic carbocycles. The first-order valence-electron chi connectivity index (χ1n) is 14.8. The highest BCUT2D eigenvalue weighted by Crippen LogP contribution is 2.30. The molecule has 0 radical (unpaired) electrons. The maximum atomic E-state index is 10.8. The molecular weight excluding hydrogens is 608 g/mol. The molecule has 0 spiro atoms. The summed E-state index contributed by atoms with van der Waals surface area (Å²) in [6.45, 7) is 1.01. The van der Waals surface area contributed by atoms with Crippen molar-refractivity contribution in [3.63, 3.8) is 0 Å². The van der Waals surface area contributed by atoms with Crippen LogP contribution in [0, 0.1) is 0 Å². The third-order valence-electron chi connectivity index (χ3n) is 6.72. The van der Waals surface area contributed by atoms with Gasteiger partial charge in [0.2, 0.25) is 6.29 Å². The molecule has 2 aliphatic rings. The Morgan fingerprint density at radius 1 is 0.565 bits per heavy atom. The molecule has 0 saturated carbocycles. The van der Waals surface area contributed by atoms with Crippen LogP contribution in [0.2, 0.25) is 0 Å². The molecular formula is C32H46O14. The molecule has 11 atom stereocenters. The number of ether oxygens (including phenoxy) is 3. The number of aliphatic hydroxyl groups excluding tert-OH is 7. The summed E-state index contributed by atoms with van der Waals surface area (Å²) in [7, 11) is 0. The van der Waals surface area contributed by atoms with Gasteiger partial charge in [0, 0.05) is 13.2 Å². The molecule has 0 aromatic heterocycles. The van der Waals surface area contributed by atoms with E-state index in [1.165, 1.54) is 6.08 Å². The molecule has 14 heteroatoms. The molecule has 2 rings (SSSR count). The van der Waals surface area contributed by atoms with Crippen molar-refractivity contribution >= 4 is 0 Å². The average Bonchev–Trinajstić information content (AvgIpc) is 3.04. The monoisotopic (exact) mass is 654 g/mol. The van der Waals surface area contributed by atoms with Crippen LogP contribution in [0.15, 0.2) is 97.4 Å². The first-order valence-corrected chi connectivity index (χ1v) is 14.8. The minimum atomic E-state index is -1.74. The molecule has 0 amide bonds.